The standard InChI is InChI=1S/C18H11F6NO3/c1-2-27-16(26)11(9-25)7-14-3-4-15(28-14)10-5-12(17(19,20)21)8-13(6-10)18(22,23)24/h3-8H,2H2,1H3/b11-7+. The molecule has 0 spiro atoms. The first-order valence-electron chi connectivity index (χ1n) is 7.64. The molecule has 10 heteroatoms. The normalized spacial score (nSPS) is 12.6. The van der Waals surface area contributed by atoms with E-state index in [1.165, 1.54) is 13.0 Å². The number of esters is 1. The van der Waals surface area contributed by atoms with Gasteiger partial charge in [-0.2, -0.15) is 31.6 Å². The van der Waals surface area contributed by atoms with Gasteiger partial charge in [-0.1, -0.05) is 0 Å². The van der Waals surface area contributed by atoms with E-state index in [1.807, 2.05) is 0 Å². The molecular formula is C18H11F6NO3. The van der Waals surface area contributed by atoms with E-state index in [9.17, 15) is 31.1 Å². The van der Waals surface area contributed by atoms with Gasteiger partial charge in [-0.15, -0.1) is 0 Å². The average molecular weight is 403 g/mol. The van der Waals surface area contributed by atoms with E-state index < -0.39 is 40.6 Å². The third-order valence-electron chi connectivity index (χ3n) is 3.40. The fourth-order valence-electron chi connectivity index (χ4n) is 2.17. The molecule has 148 valence electrons. The van der Waals surface area contributed by atoms with Crippen molar-refractivity contribution in [1.29, 1.82) is 5.26 Å². The van der Waals surface area contributed by atoms with Crippen molar-refractivity contribution >= 4 is 12.0 Å². The molecule has 0 N–H and O–H groups in total. The second-order valence-electron chi connectivity index (χ2n) is 5.39. The van der Waals surface area contributed by atoms with E-state index in [0.29, 0.717) is 12.1 Å². The van der Waals surface area contributed by atoms with Gasteiger partial charge in [0.15, 0.2) is 0 Å². The molecule has 0 radical (unpaired) electrons. The molecule has 0 saturated heterocycles. The van der Waals surface area contributed by atoms with Crippen LogP contribution in [0.25, 0.3) is 17.4 Å². The summed E-state index contributed by atoms with van der Waals surface area (Å²) in [5.41, 5.74) is -3.88. The lowest BCUT2D eigenvalue weighted by molar-refractivity contribution is -0.143. The number of nitrogens with zero attached hydrogens (tertiary/aromatic N) is 1. The van der Waals surface area contributed by atoms with E-state index in [-0.39, 0.29) is 24.2 Å². The van der Waals surface area contributed by atoms with Crippen LogP contribution in [0.15, 0.2) is 40.3 Å². The van der Waals surface area contributed by atoms with Crippen LogP contribution in [0.2, 0.25) is 0 Å². The smallest absolute Gasteiger partial charge is 0.416 e. The largest absolute Gasteiger partial charge is 0.462 e. The number of rotatable bonds is 4. The van der Waals surface area contributed by atoms with Gasteiger partial charge in [0.2, 0.25) is 0 Å². The van der Waals surface area contributed by atoms with Crippen molar-refractivity contribution in [2.24, 2.45) is 0 Å². The Bertz CT molecular complexity index is 915. The second kappa shape index (κ2) is 7.80. The molecular weight excluding hydrogens is 392 g/mol. The third kappa shape index (κ3) is 4.94. The van der Waals surface area contributed by atoms with Gasteiger partial charge in [0.05, 0.1) is 17.7 Å². The van der Waals surface area contributed by atoms with E-state index >= 15 is 0 Å². The van der Waals surface area contributed by atoms with Gasteiger partial charge in [-0.05, 0) is 37.3 Å². The van der Waals surface area contributed by atoms with Gasteiger partial charge < -0.3 is 9.15 Å². The van der Waals surface area contributed by atoms with Crippen LogP contribution in [0.4, 0.5) is 26.3 Å². The summed E-state index contributed by atoms with van der Waals surface area (Å²) >= 11 is 0. The van der Waals surface area contributed by atoms with Crippen molar-refractivity contribution in [2.75, 3.05) is 6.61 Å². The van der Waals surface area contributed by atoms with Crippen LogP contribution in [0.3, 0.4) is 0 Å². The molecule has 0 amide bonds. The summed E-state index contributed by atoms with van der Waals surface area (Å²) in [6.45, 7) is 1.52. The molecule has 1 aromatic heterocycles. The number of nitriles is 1. The molecule has 0 unspecified atom stereocenters. The van der Waals surface area contributed by atoms with Gasteiger partial charge >= 0.3 is 18.3 Å². The predicted octanol–water partition coefficient (Wildman–Crippen LogP) is 5.45. The Labute approximate surface area is 154 Å². The first kappa shape index (κ1) is 21.1. The molecule has 0 aliphatic rings. The Morgan fingerprint density at radius 1 is 1.11 bits per heavy atom. The number of hydrogen-bond donors (Lipinski definition) is 0. The zero-order valence-corrected chi connectivity index (χ0v) is 14.1. The number of carbonyl (C=O) groups is 1. The van der Waals surface area contributed by atoms with Crippen molar-refractivity contribution in [1.82, 2.24) is 0 Å². The SMILES string of the molecule is CCOC(=O)/C(C#N)=C/c1ccc(-c2cc(C(F)(F)F)cc(C(F)(F)F)c2)o1. The maximum atomic E-state index is 12.9. The number of ether oxygens (including phenoxy) is 1. The zero-order valence-electron chi connectivity index (χ0n) is 14.1. The fraction of sp³-hybridized carbons (Fsp3) is 0.222. The summed E-state index contributed by atoms with van der Waals surface area (Å²) < 4.78 is 87.5. The molecule has 0 bridgehead atoms. The molecule has 2 rings (SSSR count). The first-order valence-corrected chi connectivity index (χ1v) is 7.64. The average Bonchev–Trinajstić information content (AvgIpc) is 3.06. The quantitative estimate of drug-likeness (QED) is 0.295. The molecule has 1 heterocycles. The van der Waals surface area contributed by atoms with Crippen molar-refractivity contribution < 1.29 is 40.3 Å². The van der Waals surface area contributed by atoms with Crippen molar-refractivity contribution in [2.45, 2.75) is 19.3 Å². The minimum Gasteiger partial charge on any atom is -0.462 e. The van der Waals surface area contributed by atoms with Crippen molar-refractivity contribution in [3.63, 3.8) is 0 Å². The molecule has 0 fully saturated rings. The summed E-state index contributed by atoms with van der Waals surface area (Å²) in [4.78, 5) is 11.6. The molecule has 0 atom stereocenters. The molecule has 0 aliphatic carbocycles. The molecule has 2 aromatic rings. The Kier molecular flexibility index (Phi) is 5.87. The number of halogens is 6. The highest BCUT2D eigenvalue weighted by Crippen LogP contribution is 2.39. The number of carbonyl (C=O) groups excluding carboxylic acids is 1. The lowest BCUT2D eigenvalue weighted by Gasteiger charge is -2.13. The Hall–Kier alpha value is -3.22. The topological polar surface area (TPSA) is 63.2 Å². The first-order chi connectivity index (χ1) is 13.0. The predicted molar refractivity (Wildman–Crippen MR) is 84.4 cm³/mol. The summed E-state index contributed by atoms with van der Waals surface area (Å²) in [5.74, 6) is -1.36. The summed E-state index contributed by atoms with van der Waals surface area (Å²) in [7, 11) is 0. The van der Waals surface area contributed by atoms with Gasteiger partial charge in [-0.3, -0.25) is 0 Å². The van der Waals surface area contributed by atoms with Crippen molar-refractivity contribution in [3.8, 4) is 17.4 Å². The number of alkyl halides is 6. The van der Waals surface area contributed by atoms with Gasteiger partial charge in [0.25, 0.3) is 0 Å². The zero-order chi connectivity index (χ0) is 21.1. The number of furan rings is 1. The monoisotopic (exact) mass is 403 g/mol. The van der Waals surface area contributed by atoms with Crippen LogP contribution in [0, 0.1) is 11.3 Å². The van der Waals surface area contributed by atoms with E-state index in [1.54, 1.807) is 6.07 Å². The number of benzene rings is 1. The van der Waals surface area contributed by atoms with Crippen LogP contribution < -0.4 is 0 Å². The van der Waals surface area contributed by atoms with Gasteiger partial charge in [-0.25, -0.2) is 4.79 Å². The highest BCUT2D eigenvalue weighted by atomic mass is 19.4. The molecule has 0 aliphatic heterocycles. The van der Waals surface area contributed by atoms with Crippen LogP contribution in [-0.2, 0) is 21.9 Å². The lowest BCUT2D eigenvalue weighted by Crippen LogP contribution is -2.11. The van der Waals surface area contributed by atoms with E-state index in [4.69, 9.17) is 9.68 Å². The van der Waals surface area contributed by atoms with Crippen LogP contribution >= 0.6 is 0 Å². The highest BCUT2D eigenvalue weighted by Gasteiger charge is 2.37. The summed E-state index contributed by atoms with van der Waals surface area (Å²) in [6, 6.07) is 4.92. The van der Waals surface area contributed by atoms with Crippen molar-refractivity contribution in [3.05, 3.63) is 52.8 Å². The maximum absolute atomic E-state index is 12.9. The molecule has 1 aromatic carbocycles. The Morgan fingerprint density at radius 3 is 2.14 bits per heavy atom. The van der Waals surface area contributed by atoms with Crippen LogP contribution in [-0.4, -0.2) is 12.6 Å². The molecule has 4 nitrogen and oxygen atoms in total. The minimum atomic E-state index is -5.00. The fourth-order valence-corrected chi connectivity index (χ4v) is 2.17. The molecule has 0 saturated carbocycles. The summed E-state index contributed by atoms with van der Waals surface area (Å²) in [6.07, 6.45) is -9.02. The van der Waals surface area contributed by atoms with Gasteiger partial charge in [0.1, 0.15) is 23.2 Å². The maximum Gasteiger partial charge on any atom is 0.416 e. The van der Waals surface area contributed by atoms with Crippen LogP contribution in [0.5, 0.6) is 0 Å². The minimum absolute atomic E-state index is 0.00178. The van der Waals surface area contributed by atoms with Gasteiger partial charge in [0, 0.05) is 11.6 Å². The Morgan fingerprint density at radius 2 is 1.68 bits per heavy atom. The third-order valence-corrected chi connectivity index (χ3v) is 3.40. The summed E-state index contributed by atoms with van der Waals surface area (Å²) in [5, 5.41) is 8.95. The van der Waals surface area contributed by atoms with E-state index in [2.05, 4.69) is 4.74 Å². The highest BCUT2D eigenvalue weighted by molar-refractivity contribution is 5.97. The molecule has 28 heavy (non-hydrogen) atoms. The van der Waals surface area contributed by atoms with E-state index in [0.717, 1.165) is 12.1 Å². The lowest BCUT2D eigenvalue weighted by atomic mass is 10.0. The second-order valence-corrected chi connectivity index (χ2v) is 5.39. The van der Waals surface area contributed by atoms with Crippen LogP contribution in [0.1, 0.15) is 23.8 Å². The Balaban J connectivity index is 2.50. The number of hydrogen-bond acceptors (Lipinski definition) is 4.